The number of carbonyl (C=O) groups excluding carboxylic acids is 6. The molecule has 16 nitrogen and oxygen atoms in total. The fourth-order valence-corrected chi connectivity index (χ4v) is 2.89. The van der Waals surface area contributed by atoms with Crippen molar-refractivity contribution >= 4 is 47.8 Å². The Morgan fingerprint density at radius 3 is 1.02 bits per heavy atom. The first-order chi connectivity index (χ1) is 21.9. The maximum absolute atomic E-state index is 11.6. The number of hydrogen-bond donors (Lipinski definition) is 2. The number of carboxylic acids is 2. The standard InChI is InChI=1S/C21H32O10.C9H12O6/c1-2-18(24)30-15-16-31-20(26)10-6-4-7-13-28-19(25)9-5-3-8-14-29-21(27)12-11-17(22)23;1-2-8(12)14-5-6-15-9(13)4-3-7(10)11/h2H,1,3-16H2,(H,22,23);2H,1,3-6H2,(H,10,11). The number of aliphatic carboxylic acids is 2. The molecule has 0 aromatic carbocycles. The molecule has 0 aliphatic carbocycles. The van der Waals surface area contributed by atoms with Gasteiger partial charge in [0.25, 0.3) is 0 Å². The van der Waals surface area contributed by atoms with Gasteiger partial charge >= 0.3 is 47.8 Å². The first kappa shape index (κ1) is 43.4. The van der Waals surface area contributed by atoms with Gasteiger partial charge in [-0.2, -0.15) is 0 Å². The Kier molecular flexibility index (Phi) is 28.5. The Morgan fingerprint density at radius 1 is 0.391 bits per heavy atom. The lowest BCUT2D eigenvalue weighted by atomic mass is 10.2. The molecule has 2 N–H and O–H groups in total. The largest absolute Gasteiger partial charge is 0.481 e. The quantitative estimate of drug-likeness (QED) is 0.0587. The van der Waals surface area contributed by atoms with E-state index in [4.69, 9.17) is 24.4 Å². The van der Waals surface area contributed by atoms with Crippen molar-refractivity contribution in [2.45, 2.75) is 77.0 Å². The van der Waals surface area contributed by atoms with Gasteiger partial charge in [0, 0.05) is 25.0 Å². The summed E-state index contributed by atoms with van der Waals surface area (Å²) in [6.45, 7) is 6.75. The van der Waals surface area contributed by atoms with Crippen LogP contribution in [0.2, 0.25) is 0 Å². The summed E-state index contributed by atoms with van der Waals surface area (Å²) < 4.78 is 28.7. The van der Waals surface area contributed by atoms with Crippen molar-refractivity contribution in [2.24, 2.45) is 0 Å². The fourth-order valence-electron chi connectivity index (χ4n) is 2.89. The van der Waals surface area contributed by atoms with Crippen molar-refractivity contribution in [3.63, 3.8) is 0 Å². The van der Waals surface area contributed by atoms with E-state index < -0.39 is 35.8 Å². The Labute approximate surface area is 267 Å². The Bertz CT molecular complexity index is 987. The first-order valence-corrected chi connectivity index (χ1v) is 14.6. The van der Waals surface area contributed by atoms with Gasteiger partial charge in [-0.1, -0.05) is 13.2 Å². The molecule has 0 fully saturated rings. The van der Waals surface area contributed by atoms with Gasteiger partial charge in [0.2, 0.25) is 0 Å². The molecule has 0 saturated heterocycles. The van der Waals surface area contributed by atoms with Gasteiger partial charge in [0.1, 0.15) is 26.4 Å². The number of ether oxygens (including phenoxy) is 6. The van der Waals surface area contributed by atoms with Crippen LogP contribution in [0.1, 0.15) is 77.0 Å². The molecule has 0 bridgehead atoms. The highest BCUT2D eigenvalue weighted by atomic mass is 16.6. The SMILES string of the molecule is C=CC(=O)OCCOC(=O)CCC(=O)O.C=CC(=O)OCCOC(=O)CCCCCOC(=O)CCCCCOC(=O)CCC(=O)O. The fraction of sp³-hybridized carbons (Fsp3) is 0.600. The molecule has 0 spiro atoms. The van der Waals surface area contributed by atoms with Crippen LogP contribution in [-0.4, -0.2) is 97.6 Å². The van der Waals surface area contributed by atoms with Crippen LogP contribution in [0, 0.1) is 0 Å². The first-order valence-electron chi connectivity index (χ1n) is 14.6. The number of unbranched alkanes of at least 4 members (excludes halogenated alkanes) is 4. The minimum atomic E-state index is -1.06. The van der Waals surface area contributed by atoms with Gasteiger partial charge in [-0.15, -0.1) is 0 Å². The third-order valence-electron chi connectivity index (χ3n) is 5.18. The second-order valence-corrected chi connectivity index (χ2v) is 9.03. The van der Waals surface area contributed by atoms with Crippen molar-refractivity contribution in [3.8, 4) is 0 Å². The Hall–Kier alpha value is -4.76. The Morgan fingerprint density at radius 2 is 0.696 bits per heavy atom. The monoisotopic (exact) mass is 660 g/mol. The van der Waals surface area contributed by atoms with E-state index >= 15 is 0 Å². The summed E-state index contributed by atoms with van der Waals surface area (Å²) in [5, 5.41) is 16.7. The summed E-state index contributed by atoms with van der Waals surface area (Å²) >= 11 is 0. The molecule has 0 aliphatic rings. The van der Waals surface area contributed by atoms with Crippen molar-refractivity contribution < 1.29 is 77.0 Å². The molecule has 0 aliphatic heterocycles. The average molecular weight is 661 g/mol. The lowest BCUT2D eigenvalue weighted by Gasteiger charge is -2.06. The van der Waals surface area contributed by atoms with E-state index in [1.165, 1.54) is 0 Å². The molecule has 0 saturated carbocycles. The summed E-state index contributed by atoms with van der Waals surface area (Å²) in [7, 11) is 0. The average Bonchev–Trinajstić information content (AvgIpc) is 3.02. The predicted octanol–water partition coefficient (Wildman–Crippen LogP) is 2.45. The van der Waals surface area contributed by atoms with E-state index in [9.17, 15) is 38.4 Å². The number of hydrogen-bond acceptors (Lipinski definition) is 14. The minimum Gasteiger partial charge on any atom is -0.481 e. The van der Waals surface area contributed by atoms with Gasteiger partial charge in [-0.3, -0.25) is 28.8 Å². The van der Waals surface area contributed by atoms with E-state index in [1.54, 1.807) is 0 Å². The molecule has 16 heteroatoms. The van der Waals surface area contributed by atoms with Crippen LogP contribution in [0.4, 0.5) is 0 Å². The van der Waals surface area contributed by atoms with E-state index in [2.05, 4.69) is 27.4 Å². The summed E-state index contributed by atoms with van der Waals surface area (Å²) in [6.07, 6.45) is 5.54. The van der Waals surface area contributed by atoms with Gasteiger partial charge < -0.3 is 38.6 Å². The summed E-state index contributed by atoms with van der Waals surface area (Å²) in [5.74, 6) is -5.12. The molecular formula is C30H44O16. The van der Waals surface area contributed by atoms with Crippen LogP contribution in [0.25, 0.3) is 0 Å². The third-order valence-corrected chi connectivity index (χ3v) is 5.18. The van der Waals surface area contributed by atoms with Crippen LogP contribution in [-0.2, 0) is 66.8 Å². The van der Waals surface area contributed by atoms with Crippen LogP contribution in [0.3, 0.4) is 0 Å². The summed E-state index contributed by atoms with van der Waals surface area (Å²) in [6, 6.07) is 0. The number of esters is 6. The second kappa shape index (κ2) is 30.3. The molecular weight excluding hydrogens is 616 g/mol. The highest BCUT2D eigenvalue weighted by molar-refractivity contribution is 5.81. The molecule has 0 radical (unpaired) electrons. The smallest absolute Gasteiger partial charge is 0.330 e. The number of rotatable bonds is 26. The zero-order chi connectivity index (χ0) is 35.0. The molecule has 0 aromatic rings. The van der Waals surface area contributed by atoms with E-state index in [1.807, 2.05) is 0 Å². The molecule has 260 valence electrons. The molecule has 0 heterocycles. The van der Waals surface area contributed by atoms with Crippen LogP contribution >= 0.6 is 0 Å². The summed E-state index contributed by atoms with van der Waals surface area (Å²) in [5.41, 5.74) is 0. The van der Waals surface area contributed by atoms with Crippen molar-refractivity contribution in [1.82, 2.24) is 0 Å². The molecule has 0 atom stereocenters. The highest BCUT2D eigenvalue weighted by Gasteiger charge is 2.08. The maximum Gasteiger partial charge on any atom is 0.330 e. The van der Waals surface area contributed by atoms with Crippen LogP contribution in [0.5, 0.6) is 0 Å². The van der Waals surface area contributed by atoms with Crippen molar-refractivity contribution in [2.75, 3.05) is 39.6 Å². The second-order valence-electron chi connectivity index (χ2n) is 9.03. The van der Waals surface area contributed by atoms with E-state index in [0.717, 1.165) is 12.2 Å². The van der Waals surface area contributed by atoms with Crippen molar-refractivity contribution in [1.29, 1.82) is 0 Å². The lowest BCUT2D eigenvalue weighted by Crippen LogP contribution is -2.13. The number of carbonyl (C=O) groups is 8. The predicted molar refractivity (Wildman–Crippen MR) is 157 cm³/mol. The van der Waals surface area contributed by atoms with Crippen LogP contribution in [0.15, 0.2) is 25.3 Å². The van der Waals surface area contributed by atoms with E-state index in [0.29, 0.717) is 38.5 Å². The minimum absolute atomic E-state index is 0.00316. The molecule has 0 rings (SSSR count). The van der Waals surface area contributed by atoms with E-state index in [-0.39, 0.29) is 90.1 Å². The zero-order valence-electron chi connectivity index (χ0n) is 25.9. The van der Waals surface area contributed by atoms with Crippen LogP contribution < -0.4 is 0 Å². The maximum atomic E-state index is 11.6. The lowest BCUT2D eigenvalue weighted by molar-refractivity contribution is -0.151. The van der Waals surface area contributed by atoms with Crippen molar-refractivity contribution in [3.05, 3.63) is 25.3 Å². The molecule has 0 aromatic heterocycles. The summed E-state index contributed by atoms with van der Waals surface area (Å²) in [4.78, 5) is 86.8. The Balaban J connectivity index is 0. The third kappa shape index (κ3) is 33.7. The number of carboxylic acid groups (broad SMARTS) is 2. The highest BCUT2D eigenvalue weighted by Crippen LogP contribution is 2.05. The normalized spacial score (nSPS) is 9.74. The molecule has 0 amide bonds. The van der Waals surface area contributed by atoms with Gasteiger partial charge in [-0.05, 0) is 38.5 Å². The zero-order valence-corrected chi connectivity index (χ0v) is 25.9. The van der Waals surface area contributed by atoms with Gasteiger partial charge in [0.05, 0.1) is 38.9 Å². The molecule has 46 heavy (non-hydrogen) atoms. The van der Waals surface area contributed by atoms with Gasteiger partial charge in [0.15, 0.2) is 0 Å². The van der Waals surface area contributed by atoms with Gasteiger partial charge in [-0.25, -0.2) is 9.59 Å². The topological polar surface area (TPSA) is 232 Å². The molecule has 0 unspecified atom stereocenters.